The monoisotopic (exact) mass is 309 g/mol. The number of hydrogen-bond donors (Lipinski definition) is 0. The first-order valence-corrected chi connectivity index (χ1v) is 8.64. The Bertz CT molecular complexity index is 348. The van der Waals surface area contributed by atoms with E-state index in [9.17, 15) is 14.9 Å². The zero-order chi connectivity index (χ0) is 16.5. The Labute approximate surface area is 134 Å². The quantitative estimate of drug-likeness (QED) is 0.130. The van der Waals surface area contributed by atoms with Crippen LogP contribution in [0.4, 0.5) is 0 Å². The molecular weight excluding hydrogens is 278 g/mol. The van der Waals surface area contributed by atoms with Crippen LogP contribution in [0.3, 0.4) is 0 Å². The van der Waals surface area contributed by atoms with Crippen molar-refractivity contribution in [1.29, 1.82) is 0 Å². The molecule has 4 heteroatoms. The van der Waals surface area contributed by atoms with Crippen molar-refractivity contribution in [2.45, 2.75) is 84.0 Å². The zero-order valence-corrected chi connectivity index (χ0v) is 14.0. The van der Waals surface area contributed by atoms with Gasteiger partial charge in [-0.1, -0.05) is 51.2 Å². The van der Waals surface area contributed by atoms with E-state index in [0.717, 1.165) is 64.1 Å². The van der Waals surface area contributed by atoms with E-state index < -0.39 is 0 Å². The lowest BCUT2D eigenvalue weighted by Gasteiger charge is -1.98. The van der Waals surface area contributed by atoms with Gasteiger partial charge in [-0.15, -0.1) is 0 Å². The number of hydrogen-bond acceptors (Lipinski definition) is 3. The first kappa shape index (κ1) is 20.6. The van der Waals surface area contributed by atoms with Crippen molar-refractivity contribution < 1.29 is 9.72 Å². The van der Waals surface area contributed by atoms with Crippen LogP contribution in [0.5, 0.6) is 0 Å². The highest BCUT2D eigenvalue weighted by molar-refractivity contribution is 5.48. The van der Waals surface area contributed by atoms with Gasteiger partial charge in [0.25, 0.3) is 0 Å². The predicted octanol–water partition coefficient (Wildman–Crippen LogP) is 5.60. The summed E-state index contributed by atoms with van der Waals surface area (Å²) in [6.45, 7) is 2.13. The van der Waals surface area contributed by atoms with Crippen molar-refractivity contribution >= 4 is 6.29 Å². The SMILES string of the molecule is CCCCC/C=C(/C/C=C/CCCCCCCC=O)[N+](=O)[O-]. The van der Waals surface area contributed by atoms with E-state index in [0.29, 0.717) is 18.5 Å². The summed E-state index contributed by atoms with van der Waals surface area (Å²) in [4.78, 5) is 20.8. The van der Waals surface area contributed by atoms with Gasteiger partial charge in [0.15, 0.2) is 0 Å². The van der Waals surface area contributed by atoms with Crippen molar-refractivity contribution in [1.82, 2.24) is 0 Å². The number of allylic oxidation sites excluding steroid dienone is 3. The van der Waals surface area contributed by atoms with Crippen molar-refractivity contribution in [2.24, 2.45) is 0 Å². The third-order valence-electron chi connectivity index (χ3n) is 3.61. The van der Waals surface area contributed by atoms with E-state index >= 15 is 0 Å². The standard InChI is InChI=1S/C18H31NO3/c1-2-3-4-12-15-18(19(21)22)16-13-10-8-6-5-7-9-11-14-17-20/h10,13,15,17H,2-9,11-12,14,16H2,1H3/b13-10+,18-15-. The Hall–Kier alpha value is -1.45. The smallest absolute Gasteiger partial charge is 0.246 e. The molecule has 0 saturated heterocycles. The average molecular weight is 309 g/mol. The molecule has 0 N–H and O–H groups in total. The second kappa shape index (κ2) is 15.9. The van der Waals surface area contributed by atoms with Crippen molar-refractivity contribution in [3.8, 4) is 0 Å². The lowest BCUT2D eigenvalue weighted by Crippen LogP contribution is -1.97. The first-order valence-electron chi connectivity index (χ1n) is 8.64. The molecule has 0 unspecified atom stereocenters. The van der Waals surface area contributed by atoms with Gasteiger partial charge in [-0.3, -0.25) is 10.1 Å². The molecule has 0 spiro atoms. The number of carbonyl (C=O) groups is 1. The normalized spacial score (nSPS) is 12.0. The Kier molecular flexibility index (Phi) is 14.9. The van der Waals surface area contributed by atoms with E-state index in [1.54, 1.807) is 6.08 Å². The van der Waals surface area contributed by atoms with Gasteiger partial charge >= 0.3 is 0 Å². The first-order chi connectivity index (χ1) is 10.7. The summed E-state index contributed by atoms with van der Waals surface area (Å²) in [6.07, 6.45) is 18.5. The summed E-state index contributed by atoms with van der Waals surface area (Å²) in [6, 6.07) is 0. The van der Waals surface area contributed by atoms with Crippen molar-refractivity contribution in [3.05, 3.63) is 34.0 Å². The van der Waals surface area contributed by atoms with Gasteiger partial charge in [-0.2, -0.15) is 0 Å². The van der Waals surface area contributed by atoms with Gasteiger partial charge in [0.05, 0.1) is 11.3 Å². The van der Waals surface area contributed by atoms with E-state index in [4.69, 9.17) is 0 Å². The Morgan fingerprint density at radius 1 is 0.909 bits per heavy atom. The van der Waals surface area contributed by atoms with Crippen LogP contribution in [-0.4, -0.2) is 11.2 Å². The summed E-state index contributed by atoms with van der Waals surface area (Å²) in [5.74, 6) is 0. The van der Waals surface area contributed by atoms with Crippen LogP contribution in [0.25, 0.3) is 0 Å². The van der Waals surface area contributed by atoms with Crippen LogP contribution in [0.1, 0.15) is 84.0 Å². The minimum Gasteiger partial charge on any atom is -0.303 e. The zero-order valence-electron chi connectivity index (χ0n) is 14.0. The molecule has 0 aliphatic rings. The summed E-state index contributed by atoms with van der Waals surface area (Å²) in [5, 5.41) is 10.9. The van der Waals surface area contributed by atoms with Crippen molar-refractivity contribution in [3.63, 3.8) is 0 Å². The molecule has 0 aromatic heterocycles. The fraction of sp³-hybridized carbons (Fsp3) is 0.722. The summed E-state index contributed by atoms with van der Waals surface area (Å²) in [7, 11) is 0. The fourth-order valence-corrected chi connectivity index (χ4v) is 2.24. The number of aldehydes is 1. The van der Waals surface area contributed by atoms with Gasteiger partial charge in [0.1, 0.15) is 6.29 Å². The van der Waals surface area contributed by atoms with Gasteiger partial charge < -0.3 is 4.79 Å². The Balaban J connectivity index is 3.73. The molecule has 0 radical (unpaired) electrons. The maximum Gasteiger partial charge on any atom is 0.246 e. The minimum absolute atomic E-state index is 0.261. The molecule has 0 aliphatic carbocycles. The molecule has 0 atom stereocenters. The molecule has 4 nitrogen and oxygen atoms in total. The molecule has 126 valence electrons. The summed E-state index contributed by atoms with van der Waals surface area (Å²) >= 11 is 0. The largest absolute Gasteiger partial charge is 0.303 e. The highest BCUT2D eigenvalue weighted by atomic mass is 16.6. The third kappa shape index (κ3) is 13.5. The molecule has 0 rings (SSSR count). The van der Waals surface area contributed by atoms with E-state index in [1.165, 1.54) is 6.42 Å². The minimum atomic E-state index is -0.261. The topological polar surface area (TPSA) is 60.2 Å². The van der Waals surface area contributed by atoms with Gasteiger partial charge in [0.2, 0.25) is 5.70 Å². The number of rotatable bonds is 15. The summed E-state index contributed by atoms with van der Waals surface area (Å²) < 4.78 is 0. The third-order valence-corrected chi connectivity index (χ3v) is 3.61. The number of carbonyl (C=O) groups excluding carboxylic acids is 1. The Morgan fingerprint density at radius 2 is 1.55 bits per heavy atom. The molecule has 0 saturated carbocycles. The maximum absolute atomic E-state index is 10.9. The highest BCUT2D eigenvalue weighted by Gasteiger charge is 2.06. The predicted molar refractivity (Wildman–Crippen MR) is 91.4 cm³/mol. The van der Waals surface area contributed by atoms with Crippen LogP contribution in [-0.2, 0) is 4.79 Å². The van der Waals surface area contributed by atoms with Gasteiger partial charge in [0, 0.05) is 6.42 Å². The second-order valence-electron chi connectivity index (χ2n) is 5.64. The van der Waals surface area contributed by atoms with Crippen LogP contribution in [0, 0.1) is 10.1 Å². The summed E-state index contributed by atoms with van der Waals surface area (Å²) in [5.41, 5.74) is 0.321. The van der Waals surface area contributed by atoms with Crippen molar-refractivity contribution in [2.75, 3.05) is 0 Å². The van der Waals surface area contributed by atoms with Crippen LogP contribution in [0.2, 0.25) is 0 Å². The fourth-order valence-electron chi connectivity index (χ4n) is 2.24. The molecule has 0 bridgehead atoms. The maximum atomic E-state index is 10.9. The van der Waals surface area contributed by atoms with Gasteiger partial charge in [-0.25, -0.2) is 0 Å². The van der Waals surface area contributed by atoms with Crippen LogP contribution >= 0.6 is 0 Å². The molecule has 0 fully saturated rings. The van der Waals surface area contributed by atoms with Gasteiger partial charge in [-0.05, 0) is 38.2 Å². The van der Waals surface area contributed by atoms with Crippen LogP contribution < -0.4 is 0 Å². The van der Waals surface area contributed by atoms with E-state index in [1.807, 2.05) is 6.08 Å². The number of nitrogens with zero attached hydrogens (tertiary/aromatic N) is 1. The van der Waals surface area contributed by atoms with E-state index in [-0.39, 0.29) is 4.92 Å². The average Bonchev–Trinajstić information content (AvgIpc) is 2.50. The molecule has 0 amide bonds. The molecule has 22 heavy (non-hydrogen) atoms. The molecule has 0 aliphatic heterocycles. The van der Waals surface area contributed by atoms with E-state index in [2.05, 4.69) is 13.0 Å². The lowest BCUT2D eigenvalue weighted by molar-refractivity contribution is -0.427. The molecule has 0 heterocycles. The lowest BCUT2D eigenvalue weighted by atomic mass is 10.1. The molecule has 0 aromatic rings. The molecule has 0 aromatic carbocycles. The second-order valence-corrected chi connectivity index (χ2v) is 5.64. The number of nitro groups is 1. The highest BCUT2D eigenvalue weighted by Crippen LogP contribution is 2.10. The molecular formula is C18H31NO3. The Morgan fingerprint density at radius 3 is 2.18 bits per heavy atom. The number of unbranched alkanes of at least 4 members (excludes halogenated alkanes) is 9. The van der Waals surface area contributed by atoms with Crippen LogP contribution in [0.15, 0.2) is 23.9 Å².